The van der Waals surface area contributed by atoms with Crippen molar-refractivity contribution in [1.29, 1.82) is 0 Å². The van der Waals surface area contributed by atoms with Crippen LogP contribution in [0, 0.1) is 5.92 Å². The van der Waals surface area contributed by atoms with Crippen molar-refractivity contribution >= 4 is 11.9 Å². The van der Waals surface area contributed by atoms with E-state index < -0.39 is 17.9 Å². The molecule has 0 aliphatic heterocycles. The molecule has 0 N–H and O–H groups in total. The van der Waals surface area contributed by atoms with Crippen LogP contribution < -0.4 is 80.5 Å². The fourth-order valence-corrected chi connectivity index (χ4v) is 0.621. The summed E-state index contributed by atoms with van der Waals surface area (Å²) < 4.78 is 0. The van der Waals surface area contributed by atoms with Gasteiger partial charge in [0.05, 0.1) is 11.9 Å². The fourth-order valence-electron chi connectivity index (χ4n) is 0.621. The van der Waals surface area contributed by atoms with Crippen molar-refractivity contribution in [3.8, 4) is 0 Å². The molecule has 0 saturated heterocycles. The second kappa shape index (κ2) is 10.3. The Morgan fingerprint density at radius 3 is 1.67 bits per heavy atom. The van der Waals surface area contributed by atoms with Crippen LogP contribution in [0.4, 0.5) is 0 Å². The molecule has 0 aromatic carbocycles. The summed E-state index contributed by atoms with van der Waals surface area (Å²) in [5.41, 5.74) is 0. The van der Waals surface area contributed by atoms with E-state index in [1.54, 1.807) is 6.92 Å². The van der Waals surface area contributed by atoms with Gasteiger partial charge in [0, 0.05) is 5.92 Å². The minimum absolute atomic E-state index is 0. The number of rotatable bonds is 4. The molecule has 0 spiro atoms. The molecule has 0 amide bonds. The Labute approximate surface area is 126 Å². The first-order valence-corrected chi connectivity index (χ1v) is 3.01. The van der Waals surface area contributed by atoms with E-state index in [2.05, 4.69) is 0 Å². The van der Waals surface area contributed by atoms with Gasteiger partial charge in [0.2, 0.25) is 0 Å². The van der Waals surface area contributed by atoms with Crippen LogP contribution in [0.3, 0.4) is 0 Å². The van der Waals surface area contributed by atoms with Crippen LogP contribution in [0.15, 0.2) is 0 Å². The summed E-state index contributed by atoms with van der Waals surface area (Å²) in [6.45, 7) is 1.69. The van der Waals surface area contributed by atoms with Gasteiger partial charge >= 0.3 is 70.2 Å². The molecule has 0 aromatic rings. The molecular weight excluding hydrogens is 182 g/mol. The molecule has 0 heterocycles. The zero-order chi connectivity index (χ0) is 8.15. The fraction of sp³-hybridized carbons (Fsp3) is 0.667. The van der Waals surface area contributed by atoms with Gasteiger partial charge < -0.3 is 19.8 Å². The molecular formula is C6H8KLiO4. The average molecular weight is 190 g/mol. The normalized spacial score (nSPS) is 8.17. The van der Waals surface area contributed by atoms with Gasteiger partial charge in [0.15, 0.2) is 0 Å². The number of carbonyl (C=O) groups is 2. The SMILES string of the molecule is CCCC(C(=O)[O-])C(=O)[O-].[K+].[Li+]. The summed E-state index contributed by atoms with van der Waals surface area (Å²) in [4.78, 5) is 20.0. The van der Waals surface area contributed by atoms with Gasteiger partial charge in [0.25, 0.3) is 0 Å². The summed E-state index contributed by atoms with van der Waals surface area (Å²) >= 11 is 0. The molecule has 4 nitrogen and oxygen atoms in total. The van der Waals surface area contributed by atoms with E-state index in [1.807, 2.05) is 0 Å². The van der Waals surface area contributed by atoms with Gasteiger partial charge in [-0.15, -0.1) is 0 Å². The third-order valence-electron chi connectivity index (χ3n) is 1.15. The van der Waals surface area contributed by atoms with E-state index in [0.717, 1.165) is 0 Å². The maximum absolute atomic E-state index is 10.00. The monoisotopic (exact) mass is 190 g/mol. The van der Waals surface area contributed by atoms with Gasteiger partial charge in [-0.05, 0) is 6.42 Å². The van der Waals surface area contributed by atoms with Crippen LogP contribution in [-0.4, -0.2) is 11.9 Å². The Balaban J connectivity index is -0.000000405. The Kier molecular flexibility index (Phi) is 16.1. The van der Waals surface area contributed by atoms with Crippen LogP contribution >= 0.6 is 0 Å². The van der Waals surface area contributed by atoms with Gasteiger partial charge in [-0.2, -0.15) is 0 Å². The van der Waals surface area contributed by atoms with Crippen molar-refractivity contribution in [2.45, 2.75) is 19.8 Å². The Morgan fingerprint density at radius 2 is 1.58 bits per heavy atom. The molecule has 0 saturated carbocycles. The molecule has 0 atom stereocenters. The predicted octanol–water partition coefficient (Wildman–Crippen LogP) is -8.09. The van der Waals surface area contributed by atoms with Gasteiger partial charge in [-0.25, -0.2) is 0 Å². The first kappa shape index (κ1) is 18.9. The van der Waals surface area contributed by atoms with Gasteiger partial charge in [-0.1, -0.05) is 13.3 Å². The predicted molar refractivity (Wildman–Crippen MR) is 28.4 cm³/mol. The summed E-state index contributed by atoms with van der Waals surface area (Å²) in [6.07, 6.45) is 0.567. The Morgan fingerprint density at radius 1 is 1.25 bits per heavy atom. The Hall–Kier alpha value is 1.17. The second-order valence-electron chi connectivity index (χ2n) is 1.98. The smallest absolute Gasteiger partial charge is 0.549 e. The van der Waals surface area contributed by atoms with Crippen molar-refractivity contribution in [3.63, 3.8) is 0 Å². The molecule has 0 fully saturated rings. The molecule has 0 aliphatic rings. The number of carbonyl (C=O) groups excluding carboxylic acids is 2. The number of hydrogen-bond acceptors (Lipinski definition) is 4. The van der Waals surface area contributed by atoms with Crippen LogP contribution in [-0.2, 0) is 9.59 Å². The average Bonchev–Trinajstić information content (AvgIpc) is 1.81. The third kappa shape index (κ3) is 7.80. The van der Waals surface area contributed by atoms with Crippen LogP contribution in [0.25, 0.3) is 0 Å². The van der Waals surface area contributed by atoms with Crippen molar-refractivity contribution < 1.29 is 90.0 Å². The van der Waals surface area contributed by atoms with Crippen molar-refractivity contribution in [2.24, 2.45) is 5.92 Å². The first-order valence-electron chi connectivity index (χ1n) is 3.01. The summed E-state index contributed by atoms with van der Waals surface area (Å²) in [5.74, 6) is -4.59. The topological polar surface area (TPSA) is 80.3 Å². The molecule has 12 heavy (non-hydrogen) atoms. The van der Waals surface area contributed by atoms with Crippen molar-refractivity contribution in [1.82, 2.24) is 0 Å². The molecule has 0 aliphatic carbocycles. The van der Waals surface area contributed by atoms with E-state index >= 15 is 0 Å². The molecule has 0 aromatic heterocycles. The number of aliphatic carboxylic acids is 2. The van der Waals surface area contributed by atoms with Gasteiger partial charge in [0.1, 0.15) is 0 Å². The van der Waals surface area contributed by atoms with E-state index in [4.69, 9.17) is 0 Å². The Bertz CT molecular complexity index is 136. The summed E-state index contributed by atoms with van der Waals surface area (Å²) in [5, 5.41) is 20.0. The van der Waals surface area contributed by atoms with E-state index in [0.29, 0.717) is 6.42 Å². The van der Waals surface area contributed by atoms with E-state index in [-0.39, 0.29) is 76.7 Å². The minimum atomic E-state index is -1.57. The van der Waals surface area contributed by atoms with E-state index in [1.165, 1.54) is 0 Å². The molecule has 6 heteroatoms. The van der Waals surface area contributed by atoms with Crippen LogP contribution in [0.5, 0.6) is 0 Å². The largest absolute Gasteiger partial charge is 1.00 e. The molecule has 58 valence electrons. The number of hydrogen-bond donors (Lipinski definition) is 0. The summed E-state index contributed by atoms with van der Waals surface area (Å²) in [7, 11) is 0. The molecule has 0 rings (SSSR count). The maximum Gasteiger partial charge on any atom is 1.00 e. The van der Waals surface area contributed by atoms with Crippen molar-refractivity contribution in [2.75, 3.05) is 0 Å². The number of carboxylic acid groups (broad SMARTS) is 2. The second-order valence-corrected chi connectivity index (χ2v) is 1.98. The van der Waals surface area contributed by atoms with Crippen molar-refractivity contribution in [3.05, 3.63) is 0 Å². The first-order chi connectivity index (χ1) is 4.59. The van der Waals surface area contributed by atoms with Crippen LogP contribution in [0.2, 0.25) is 0 Å². The minimum Gasteiger partial charge on any atom is -0.549 e. The molecule has 0 bridgehead atoms. The molecule has 0 radical (unpaired) electrons. The zero-order valence-electron chi connectivity index (χ0n) is 7.62. The maximum atomic E-state index is 10.00. The van der Waals surface area contributed by atoms with E-state index in [9.17, 15) is 19.8 Å². The molecule has 0 unspecified atom stereocenters. The quantitative estimate of drug-likeness (QED) is 0.326. The summed E-state index contributed by atoms with van der Waals surface area (Å²) in [6, 6.07) is 0. The standard InChI is InChI=1S/C6H10O4.K.Li/c1-2-3-4(5(7)8)6(9)10;;/h4H,2-3H2,1H3,(H,7,8)(H,9,10);;/q;2*+1/p-2. The third-order valence-corrected chi connectivity index (χ3v) is 1.15. The number of carboxylic acids is 2. The zero-order valence-corrected chi connectivity index (χ0v) is 10.7. The van der Waals surface area contributed by atoms with Gasteiger partial charge in [-0.3, -0.25) is 0 Å². The van der Waals surface area contributed by atoms with Crippen LogP contribution in [0.1, 0.15) is 19.8 Å².